The van der Waals surface area contributed by atoms with Gasteiger partial charge >= 0.3 is 0 Å². The lowest BCUT2D eigenvalue weighted by Crippen LogP contribution is -2.31. The van der Waals surface area contributed by atoms with E-state index in [1.165, 1.54) is 11.3 Å². The summed E-state index contributed by atoms with van der Waals surface area (Å²) in [6.45, 7) is 2.27. The summed E-state index contributed by atoms with van der Waals surface area (Å²) in [5, 5.41) is 0.612. The highest BCUT2D eigenvalue weighted by atomic mass is 32.1. The molecule has 6 nitrogen and oxygen atoms in total. The third kappa shape index (κ3) is 4.02. The second-order valence-electron chi connectivity index (χ2n) is 6.84. The standard InChI is InChI=1S/C23H22N2O4S/c1-15-12-16(9-10-18(15)27-2)13-21(26)25(14-17-6-5-11-29-17)23-24-22-19(28-3)7-4-8-20(22)30-23/h4-12H,13-14H2,1-3H3. The largest absolute Gasteiger partial charge is 0.496 e. The predicted octanol–water partition coefficient (Wildman–Crippen LogP) is 4.99. The Kier molecular flexibility index (Phi) is 5.72. The van der Waals surface area contributed by atoms with Gasteiger partial charge < -0.3 is 13.9 Å². The topological polar surface area (TPSA) is 64.8 Å². The van der Waals surface area contributed by atoms with Crippen molar-refractivity contribution in [3.63, 3.8) is 0 Å². The fourth-order valence-electron chi connectivity index (χ4n) is 3.33. The average molecular weight is 423 g/mol. The number of carbonyl (C=O) groups excluding carboxylic acids is 1. The first-order chi connectivity index (χ1) is 14.6. The summed E-state index contributed by atoms with van der Waals surface area (Å²) in [6, 6.07) is 15.2. The van der Waals surface area contributed by atoms with Crippen molar-refractivity contribution in [3.05, 3.63) is 71.7 Å². The highest BCUT2D eigenvalue weighted by Crippen LogP contribution is 2.35. The molecule has 4 rings (SSSR count). The smallest absolute Gasteiger partial charge is 0.233 e. The number of para-hydroxylation sites is 1. The number of anilines is 1. The number of methoxy groups -OCH3 is 2. The molecule has 0 aliphatic carbocycles. The van der Waals surface area contributed by atoms with Crippen LogP contribution < -0.4 is 14.4 Å². The zero-order valence-electron chi connectivity index (χ0n) is 17.0. The molecular weight excluding hydrogens is 400 g/mol. The lowest BCUT2D eigenvalue weighted by Gasteiger charge is -2.19. The summed E-state index contributed by atoms with van der Waals surface area (Å²) in [5.74, 6) is 2.12. The van der Waals surface area contributed by atoms with Gasteiger partial charge in [-0.2, -0.15) is 0 Å². The van der Waals surface area contributed by atoms with Crippen LogP contribution in [0.3, 0.4) is 0 Å². The van der Waals surface area contributed by atoms with Crippen molar-refractivity contribution in [3.8, 4) is 11.5 Å². The molecule has 0 saturated heterocycles. The van der Waals surface area contributed by atoms with Crippen molar-refractivity contribution in [2.24, 2.45) is 0 Å². The number of rotatable bonds is 7. The molecule has 0 bridgehead atoms. The third-order valence-corrected chi connectivity index (χ3v) is 5.87. The molecule has 7 heteroatoms. The maximum Gasteiger partial charge on any atom is 0.233 e. The molecule has 0 spiro atoms. The van der Waals surface area contributed by atoms with Gasteiger partial charge in [0.1, 0.15) is 22.8 Å². The van der Waals surface area contributed by atoms with Gasteiger partial charge in [0, 0.05) is 0 Å². The van der Waals surface area contributed by atoms with E-state index in [1.54, 1.807) is 25.4 Å². The van der Waals surface area contributed by atoms with Gasteiger partial charge in [0.15, 0.2) is 5.13 Å². The Morgan fingerprint density at radius 2 is 1.93 bits per heavy atom. The normalized spacial score (nSPS) is 10.9. The number of carbonyl (C=O) groups is 1. The summed E-state index contributed by atoms with van der Waals surface area (Å²) in [4.78, 5) is 19.7. The van der Waals surface area contributed by atoms with E-state index in [4.69, 9.17) is 18.9 Å². The number of amides is 1. The molecule has 2 aromatic carbocycles. The molecule has 0 atom stereocenters. The van der Waals surface area contributed by atoms with Crippen LogP contribution in [0.15, 0.2) is 59.2 Å². The summed E-state index contributed by atoms with van der Waals surface area (Å²) < 4.78 is 17.2. The van der Waals surface area contributed by atoms with Crippen molar-refractivity contribution in [1.82, 2.24) is 4.98 Å². The lowest BCUT2D eigenvalue weighted by atomic mass is 10.1. The monoisotopic (exact) mass is 422 g/mol. The van der Waals surface area contributed by atoms with Gasteiger partial charge in [-0.1, -0.05) is 29.5 Å². The van der Waals surface area contributed by atoms with Crippen molar-refractivity contribution in [1.29, 1.82) is 0 Å². The minimum Gasteiger partial charge on any atom is -0.496 e. The van der Waals surface area contributed by atoms with E-state index in [2.05, 4.69) is 0 Å². The molecule has 4 aromatic rings. The number of furan rings is 1. The zero-order chi connectivity index (χ0) is 21.1. The molecule has 154 valence electrons. The quantitative estimate of drug-likeness (QED) is 0.420. The number of benzene rings is 2. The van der Waals surface area contributed by atoms with Crippen molar-refractivity contribution >= 4 is 32.6 Å². The van der Waals surface area contributed by atoms with E-state index < -0.39 is 0 Å². The van der Waals surface area contributed by atoms with Crippen LogP contribution in [0.1, 0.15) is 16.9 Å². The molecule has 0 unspecified atom stereocenters. The first kappa shape index (κ1) is 20.0. The minimum atomic E-state index is -0.0611. The second kappa shape index (κ2) is 8.59. The molecule has 1 amide bonds. The van der Waals surface area contributed by atoms with Crippen LogP contribution in [-0.2, 0) is 17.8 Å². The predicted molar refractivity (Wildman–Crippen MR) is 118 cm³/mol. The van der Waals surface area contributed by atoms with E-state index in [1.807, 2.05) is 55.5 Å². The van der Waals surface area contributed by atoms with Gasteiger partial charge in [0.2, 0.25) is 5.91 Å². The number of fused-ring (bicyclic) bond motifs is 1. The highest BCUT2D eigenvalue weighted by Gasteiger charge is 2.22. The van der Waals surface area contributed by atoms with Gasteiger partial charge in [-0.3, -0.25) is 9.69 Å². The first-order valence-electron chi connectivity index (χ1n) is 9.49. The van der Waals surface area contributed by atoms with Crippen molar-refractivity contribution in [2.75, 3.05) is 19.1 Å². The Hall–Kier alpha value is -3.32. The molecule has 0 fully saturated rings. The second-order valence-corrected chi connectivity index (χ2v) is 7.85. The SMILES string of the molecule is COc1ccc(CC(=O)N(Cc2ccco2)c2nc3c(OC)cccc3s2)cc1C. The number of aryl methyl sites for hydroxylation is 1. The molecular formula is C23H22N2O4S. The molecule has 0 radical (unpaired) electrons. The fraction of sp³-hybridized carbons (Fsp3) is 0.217. The number of hydrogen-bond acceptors (Lipinski definition) is 6. The summed E-state index contributed by atoms with van der Waals surface area (Å²) in [7, 11) is 3.26. The summed E-state index contributed by atoms with van der Waals surface area (Å²) in [5.41, 5.74) is 2.66. The van der Waals surface area contributed by atoms with E-state index in [0.717, 1.165) is 27.1 Å². The summed E-state index contributed by atoms with van der Waals surface area (Å²) in [6.07, 6.45) is 1.85. The van der Waals surface area contributed by atoms with Crippen molar-refractivity contribution in [2.45, 2.75) is 19.9 Å². The number of aromatic nitrogens is 1. The molecule has 2 aromatic heterocycles. The Balaban J connectivity index is 1.67. The molecule has 0 aliphatic rings. The Bertz CT molecular complexity index is 1170. The van der Waals surface area contributed by atoms with Crippen LogP contribution in [0, 0.1) is 6.92 Å². The van der Waals surface area contributed by atoms with Gasteiger partial charge in [-0.15, -0.1) is 0 Å². The Morgan fingerprint density at radius 3 is 2.63 bits per heavy atom. The first-order valence-corrected chi connectivity index (χ1v) is 10.3. The molecule has 2 heterocycles. The number of thiazole rings is 1. The fourth-order valence-corrected chi connectivity index (χ4v) is 4.33. The number of ether oxygens (including phenoxy) is 2. The Labute approximate surface area is 178 Å². The van der Waals surface area contributed by atoms with Gasteiger partial charge in [-0.05, 0) is 48.4 Å². The molecule has 0 N–H and O–H groups in total. The number of hydrogen-bond donors (Lipinski definition) is 0. The van der Waals surface area contributed by atoms with E-state index in [0.29, 0.717) is 23.2 Å². The summed E-state index contributed by atoms with van der Waals surface area (Å²) >= 11 is 1.46. The van der Waals surface area contributed by atoms with Gasteiger partial charge in [-0.25, -0.2) is 4.98 Å². The molecule has 0 saturated carbocycles. The third-order valence-electron chi connectivity index (χ3n) is 4.83. The maximum absolute atomic E-state index is 13.3. The van der Waals surface area contributed by atoms with Crippen LogP contribution in [0.4, 0.5) is 5.13 Å². The maximum atomic E-state index is 13.3. The Morgan fingerprint density at radius 1 is 1.10 bits per heavy atom. The van der Waals surface area contributed by atoms with Gasteiger partial charge in [0.25, 0.3) is 0 Å². The van der Waals surface area contributed by atoms with Crippen LogP contribution in [0.5, 0.6) is 11.5 Å². The van der Waals surface area contributed by atoms with Crippen LogP contribution in [-0.4, -0.2) is 25.1 Å². The lowest BCUT2D eigenvalue weighted by molar-refractivity contribution is -0.118. The molecule has 0 aliphatic heterocycles. The average Bonchev–Trinajstić information content (AvgIpc) is 3.41. The van der Waals surface area contributed by atoms with Crippen LogP contribution >= 0.6 is 11.3 Å². The molecule has 30 heavy (non-hydrogen) atoms. The van der Waals surface area contributed by atoms with Gasteiger partial charge in [0.05, 0.1) is 38.1 Å². The zero-order valence-corrected chi connectivity index (χ0v) is 17.9. The van der Waals surface area contributed by atoms with Crippen molar-refractivity contribution < 1.29 is 18.7 Å². The minimum absolute atomic E-state index is 0.0611. The van der Waals surface area contributed by atoms with Crippen LogP contribution in [0.25, 0.3) is 10.2 Å². The van der Waals surface area contributed by atoms with E-state index in [9.17, 15) is 4.79 Å². The number of nitrogens with zero attached hydrogens (tertiary/aromatic N) is 2. The highest BCUT2D eigenvalue weighted by molar-refractivity contribution is 7.22. The van der Waals surface area contributed by atoms with E-state index >= 15 is 0 Å². The van der Waals surface area contributed by atoms with E-state index in [-0.39, 0.29) is 12.3 Å². The van der Waals surface area contributed by atoms with Crippen LogP contribution in [0.2, 0.25) is 0 Å².